The van der Waals surface area contributed by atoms with Crippen molar-refractivity contribution in [3.63, 3.8) is 0 Å². The van der Waals surface area contributed by atoms with Crippen molar-refractivity contribution in [2.24, 2.45) is 0 Å². The summed E-state index contributed by atoms with van der Waals surface area (Å²) in [4.78, 5) is 0. The van der Waals surface area contributed by atoms with Crippen molar-refractivity contribution < 1.29 is 5.11 Å². The third-order valence-corrected chi connectivity index (χ3v) is 1.18. The topological polar surface area (TPSA) is 20.2 Å². The second kappa shape index (κ2) is 3.02. The third-order valence-electron chi connectivity index (χ3n) is 0.394. The first-order valence-corrected chi connectivity index (χ1v) is 3.12. The Morgan fingerprint density at radius 2 is 1.75 bits per heavy atom. The van der Waals surface area contributed by atoms with Crippen LogP contribution in [0.15, 0.2) is 11.3 Å². The Hall–Kier alpha value is 0.700. The molecule has 0 radical (unpaired) electrons. The van der Waals surface area contributed by atoms with Gasteiger partial charge in [-0.1, -0.05) is 46.4 Å². The average Bonchev–Trinajstić information content (AvgIpc) is 1.62. The van der Waals surface area contributed by atoms with Gasteiger partial charge in [0, 0.05) is 5.54 Å². The van der Waals surface area contributed by atoms with Crippen molar-refractivity contribution in [3.05, 3.63) is 11.3 Å². The molecular weight excluding hydrogens is 194 g/mol. The van der Waals surface area contributed by atoms with Gasteiger partial charge in [0.1, 0.15) is 0 Å². The molecule has 0 fully saturated rings. The third kappa shape index (κ3) is 2.88. The standard InChI is InChI=1S/C3H2Cl4O/c4-1-2(8)3(5,6)7/h1,8H. The lowest BCUT2D eigenvalue weighted by atomic mass is 10.6. The van der Waals surface area contributed by atoms with Crippen LogP contribution in [-0.4, -0.2) is 8.90 Å². The highest BCUT2D eigenvalue weighted by Gasteiger charge is 2.24. The zero-order valence-electron chi connectivity index (χ0n) is 3.54. The van der Waals surface area contributed by atoms with E-state index in [1.54, 1.807) is 0 Å². The van der Waals surface area contributed by atoms with Gasteiger partial charge < -0.3 is 5.11 Å². The predicted molar refractivity (Wildman–Crippen MR) is 36.9 cm³/mol. The molecule has 0 aromatic rings. The summed E-state index contributed by atoms with van der Waals surface area (Å²) in [7, 11) is 0. The van der Waals surface area contributed by atoms with E-state index in [4.69, 9.17) is 51.5 Å². The predicted octanol–water partition coefficient (Wildman–Crippen LogP) is 2.99. The number of hydrogen-bond acceptors (Lipinski definition) is 1. The van der Waals surface area contributed by atoms with E-state index in [9.17, 15) is 0 Å². The first-order valence-electron chi connectivity index (χ1n) is 1.55. The highest BCUT2D eigenvalue weighted by atomic mass is 35.6. The van der Waals surface area contributed by atoms with E-state index in [2.05, 4.69) is 0 Å². The van der Waals surface area contributed by atoms with Crippen LogP contribution in [0.5, 0.6) is 0 Å². The zero-order valence-corrected chi connectivity index (χ0v) is 6.56. The fourth-order valence-electron chi connectivity index (χ4n) is 0.0619. The van der Waals surface area contributed by atoms with E-state index in [1.165, 1.54) is 0 Å². The lowest BCUT2D eigenvalue weighted by molar-refractivity contribution is 0.403. The maximum absolute atomic E-state index is 8.53. The van der Waals surface area contributed by atoms with Crippen LogP contribution in [-0.2, 0) is 0 Å². The Morgan fingerprint density at radius 3 is 1.75 bits per heavy atom. The summed E-state index contributed by atoms with van der Waals surface area (Å²) >= 11 is 20.3. The molecule has 0 saturated heterocycles. The van der Waals surface area contributed by atoms with Gasteiger partial charge in [-0.25, -0.2) is 0 Å². The van der Waals surface area contributed by atoms with Crippen LogP contribution in [0.2, 0.25) is 0 Å². The molecule has 8 heavy (non-hydrogen) atoms. The van der Waals surface area contributed by atoms with Gasteiger partial charge in [0.15, 0.2) is 5.76 Å². The van der Waals surface area contributed by atoms with Gasteiger partial charge in [-0.05, 0) is 0 Å². The molecule has 48 valence electrons. The number of allylic oxidation sites excluding steroid dienone is 1. The molecular formula is C3H2Cl4O. The van der Waals surface area contributed by atoms with Crippen molar-refractivity contribution in [1.82, 2.24) is 0 Å². The first-order chi connectivity index (χ1) is 3.48. The van der Waals surface area contributed by atoms with Crippen LogP contribution < -0.4 is 0 Å². The highest BCUT2D eigenvalue weighted by Crippen LogP contribution is 2.32. The van der Waals surface area contributed by atoms with Crippen LogP contribution in [0.1, 0.15) is 0 Å². The second-order valence-corrected chi connectivity index (χ2v) is 3.49. The van der Waals surface area contributed by atoms with Gasteiger partial charge in [-0.2, -0.15) is 0 Å². The largest absolute Gasteiger partial charge is 0.507 e. The van der Waals surface area contributed by atoms with E-state index in [0.717, 1.165) is 5.54 Å². The van der Waals surface area contributed by atoms with E-state index in [-0.39, 0.29) is 0 Å². The lowest BCUT2D eigenvalue weighted by Crippen LogP contribution is -2.04. The van der Waals surface area contributed by atoms with E-state index in [0.29, 0.717) is 0 Å². The van der Waals surface area contributed by atoms with Crippen LogP contribution in [0.4, 0.5) is 0 Å². The normalized spacial score (nSPS) is 14.2. The number of rotatable bonds is 0. The Balaban J connectivity index is 4.03. The number of halogens is 4. The second-order valence-electron chi connectivity index (χ2n) is 0.992. The Kier molecular flexibility index (Phi) is 3.28. The van der Waals surface area contributed by atoms with Gasteiger partial charge in [0.25, 0.3) is 0 Å². The molecule has 0 rings (SSSR count). The van der Waals surface area contributed by atoms with Gasteiger partial charge in [-0.15, -0.1) is 0 Å². The number of hydrogen-bond donors (Lipinski definition) is 1. The lowest BCUT2D eigenvalue weighted by Gasteiger charge is -2.06. The number of alkyl halides is 3. The summed E-state index contributed by atoms with van der Waals surface area (Å²) in [5, 5.41) is 8.53. The SMILES string of the molecule is OC(=CCl)C(Cl)(Cl)Cl. The van der Waals surface area contributed by atoms with Crippen molar-refractivity contribution in [2.75, 3.05) is 0 Å². The molecule has 0 amide bonds. The summed E-state index contributed by atoms with van der Waals surface area (Å²) in [5.74, 6) is -0.482. The molecule has 1 N–H and O–H groups in total. The fraction of sp³-hybridized carbons (Fsp3) is 0.333. The summed E-state index contributed by atoms with van der Waals surface area (Å²) < 4.78 is -1.79. The minimum atomic E-state index is -1.79. The van der Waals surface area contributed by atoms with Crippen LogP contribution >= 0.6 is 46.4 Å². The maximum atomic E-state index is 8.53. The van der Waals surface area contributed by atoms with E-state index >= 15 is 0 Å². The van der Waals surface area contributed by atoms with Crippen molar-refractivity contribution in [1.29, 1.82) is 0 Å². The molecule has 0 aromatic heterocycles. The average molecular weight is 196 g/mol. The van der Waals surface area contributed by atoms with Crippen LogP contribution in [0.25, 0.3) is 0 Å². The molecule has 0 atom stereocenters. The van der Waals surface area contributed by atoms with E-state index in [1.807, 2.05) is 0 Å². The molecule has 5 heteroatoms. The molecule has 0 aliphatic rings. The maximum Gasteiger partial charge on any atom is 0.248 e. The smallest absolute Gasteiger partial charge is 0.248 e. The molecule has 0 spiro atoms. The summed E-state index contributed by atoms with van der Waals surface area (Å²) in [6, 6.07) is 0. The monoisotopic (exact) mass is 194 g/mol. The molecule has 0 unspecified atom stereocenters. The molecule has 0 saturated carbocycles. The Morgan fingerprint density at radius 1 is 1.38 bits per heavy atom. The highest BCUT2D eigenvalue weighted by molar-refractivity contribution is 6.69. The van der Waals surface area contributed by atoms with Gasteiger partial charge in [0.2, 0.25) is 3.79 Å². The molecule has 0 aliphatic heterocycles. The van der Waals surface area contributed by atoms with Crippen molar-refractivity contribution in [3.8, 4) is 0 Å². The molecule has 0 aromatic carbocycles. The Labute approximate surface area is 66.8 Å². The summed E-state index contributed by atoms with van der Waals surface area (Å²) in [5.41, 5.74) is 0.799. The van der Waals surface area contributed by atoms with Gasteiger partial charge in [0.05, 0.1) is 0 Å². The fourth-order valence-corrected chi connectivity index (χ4v) is 0.557. The molecule has 0 aliphatic carbocycles. The van der Waals surface area contributed by atoms with Crippen LogP contribution in [0.3, 0.4) is 0 Å². The van der Waals surface area contributed by atoms with E-state index < -0.39 is 9.55 Å². The van der Waals surface area contributed by atoms with Gasteiger partial charge in [-0.3, -0.25) is 0 Å². The van der Waals surface area contributed by atoms with Crippen LogP contribution in [0, 0.1) is 0 Å². The Bertz CT molecular complexity index is 102. The van der Waals surface area contributed by atoms with Gasteiger partial charge >= 0.3 is 0 Å². The van der Waals surface area contributed by atoms with Crippen molar-refractivity contribution in [2.45, 2.75) is 3.79 Å². The summed E-state index contributed by atoms with van der Waals surface area (Å²) in [6.07, 6.45) is 0. The van der Waals surface area contributed by atoms with Crippen molar-refractivity contribution >= 4 is 46.4 Å². The molecule has 0 bridgehead atoms. The first kappa shape index (κ1) is 8.70. The minimum absolute atomic E-state index is 0.482. The molecule has 1 nitrogen and oxygen atoms in total. The number of aliphatic hydroxyl groups is 1. The molecule has 0 heterocycles. The minimum Gasteiger partial charge on any atom is -0.507 e. The number of aliphatic hydroxyl groups excluding tert-OH is 1. The quantitative estimate of drug-likeness (QED) is 0.466. The summed E-state index contributed by atoms with van der Waals surface area (Å²) in [6.45, 7) is 0. The zero-order chi connectivity index (χ0) is 6.78.